The number of hydrogen-bond acceptors (Lipinski definition) is 8. The van der Waals surface area contributed by atoms with Gasteiger partial charge in [0.25, 0.3) is 5.89 Å². The van der Waals surface area contributed by atoms with E-state index in [9.17, 15) is 9.18 Å². The van der Waals surface area contributed by atoms with Crippen molar-refractivity contribution in [3.63, 3.8) is 0 Å². The lowest BCUT2D eigenvalue weighted by molar-refractivity contribution is 0.0456. The monoisotopic (exact) mass is 392 g/mol. The van der Waals surface area contributed by atoms with E-state index in [0.717, 1.165) is 0 Å². The highest BCUT2D eigenvalue weighted by Crippen LogP contribution is 2.23. The maximum absolute atomic E-state index is 13.0. The molecular formula is C20H13FN4O4. The second-order valence-electron chi connectivity index (χ2n) is 5.75. The topological polar surface area (TPSA) is 100 Å². The molecule has 9 heteroatoms. The largest absolute Gasteiger partial charge is 0.454 e. The van der Waals surface area contributed by atoms with Crippen LogP contribution in [0.1, 0.15) is 16.2 Å². The van der Waals surface area contributed by atoms with E-state index in [4.69, 9.17) is 14.0 Å². The first-order valence-electron chi connectivity index (χ1n) is 8.47. The Kier molecular flexibility index (Phi) is 5.19. The summed E-state index contributed by atoms with van der Waals surface area (Å²) in [4.78, 5) is 24.6. The Morgan fingerprint density at radius 2 is 1.90 bits per heavy atom. The van der Waals surface area contributed by atoms with E-state index in [1.54, 1.807) is 24.4 Å². The lowest BCUT2D eigenvalue weighted by Crippen LogP contribution is -2.08. The maximum Gasteiger partial charge on any atom is 0.344 e. The van der Waals surface area contributed by atoms with Crippen molar-refractivity contribution in [2.24, 2.45) is 0 Å². The number of rotatable bonds is 6. The first kappa shape index (κ1) is 18.2. The van der Waals surface area contributed by atoms with Crippen LogP contribution in [0.5, 0.6) is 11.6 Å². The molecule has 3 aromatic heterocycles. The minimum atomic E-state index is -0.662. The molecule has 0 bridgehead atoms. The van der Waals surface area contributed by atoms with E-state index in [0.29, 0.717) is 11.3 Å². The summed E-state index contributed by atoms with van der Waals surface area (Å²) in [6.45, 7) is -0.218. The number of hydrogen-bond donors (Lipinski definition) is 0. The predicted octanol–water partition coefficient (Wildman–Crippen LogP) is 3.82. The van der Waals surface area contributed by atoms with Crippen molar-refractivity contribution in [1.82, 2.24) is 20.1 Å². The minimum absolute atomic E-state index is 0.0885. The number of halogens is 1. The van der Waals surface area contributed by atoms with Crippen molar-refractivity contribution in [1.29, 1.82) is 0 Å². The van der Waals surface area contributed by atoms with Gasteiger partial charge in [-0.1, -0.05) is 5.16 Å². The molecule has 0 aliphatic heterocycles. The van der Waals surface area contributed by atoms with Gasteiger partial charge in [-0.3, -0.25) is 4.98 Å². The number of pyridine rings is 2. The van der Waals surface area contributed by atoms with E-state index >= 15 is 0 Å². The van der Waals surface area contributed by atoms with Gasteiger partial charge in [-0.15, -0.1) is 0 Å². The van der Waals surface area contributed by atoms with E-state index in [1.165, 1.54) is 42.7 Å². The van der Waals surface area contributed by atoms with Crippen molar-refractivity contribution in [3.05, 3.63) is 84.3 Å². The molecule has 0 aliphatic carbocycles. The second kappa shape index (κ2) is 8.26. The van der Waals surface area contributed by atoms with Gasteiger partial charge in [0.05, 0.1) is 6.20 Å². The van der Waals surface area contributed by atoms with E-state index in [1.807, 2.05) is 0 Å². The van der Waals surface area contributed by atoms with Gasteiger partial charge in [0.15, 0.2) is 6.61 Å². The normalized spacial score (nSPS) is 10.5. The summed E-state index contributed by atoms with van der Waals surface area (Å²) in [7, 11) is 0. The Balaban J connectivity index is 1.43. The third kappa shape index (κ3) is 4.41. The van der Waals surface area contributed by atoms with Crippen LogP contribution in [0.15, 0.2) is 71.6 Å². The van der Waals surface area contributed by atoms with Crippen molar-refractivity contribution in [3.8, 4) is 23.1 Å². The number of esters is 1. The van der Waals surface area contributed by atoms with Crippen LogP contribution in [0, 0.1) is 5.82 Å². The molecule has 0 spiro atoms. The molecule has 0 fully saturated rings. The van der Waals surface area contributed by atoms with Crippen molar-refractivity contribution in [2.75, 3.05) is 0 Å². The predicted molar refractivity (Wildman–Crippen MR) is 97.4 cm³/mol. The van der Waals surface area contributed by atoms with Crippen LogP contribution in [0.25, 0.3) is 11.5 Å². The highest BCUT2D eigenvalue weighted by molar-refractivity contribution is 5.91. The molecule has 0 amide bonds. The standard InChI is InChI=1S/C20H13FN4O4/c21-14-7-5-13(6-8-14)18-24-17(25-29-18)12-27-20(26)16-4-2-10-23-19(16)28-15-3-1-9-22-11-15/h1-11H,12H2. The lowest BCUT2D eigenvalue weighted by atomic mass is 10.2. The minimum Gasteiger partial charge on any atom is -0.454 e. The summed E-state index contributed by atoms with van der Waals surface area (Å²) < 4.78 is 29.0. The van der Waals surface area contributed by atoms with Gasteiger partial charge in [0, 0.05) is 18.0 Å². The number of carbonyl (C=O) groups excluding carboxylic acids is 1. The second-order valence-corrected chi connectivity index (χ2v) is 5.75. The Labute approximate surface area is 164 Å². The number of benzene rings is 1. The van der Waals surface area contributed by atoms with E-state index < -0.39 is 5.97 Å². The van der Waals surface area contributed by atoms with E-state index in [-0.39, 0.29) is 35.6 Å². The van der Waals surface area contributed by atoms with Crippen LogP contribution in [0.3, 0.4) is 0 Å². The molecule has 0 saturated carbocycles. The molecule has 0 saturated heterocycles. The van der Waals surface area contributed by atoms with Gasteiger partial charge >= 0.3 is 5.97 Å². The van der Waals surface area contributed by atoms with Crippen LogP contribution in [-0.4, -0.2) is 26.1 Å². The zero-order valence-corrected chi connectivity index (χ0v) is 14.9. The maximum atomic E-state index is 13.0. The average Bonchev–Trinajstić information content (AvgIpc) is 3.23. The van der Waals surface area contributed by atoms with Gasteiger partial charge in [-0.25, -0.2) is 14.2 Å². The Bertz CT molecular complexity index is 1120. The summed E-state index contributed by atoms with van der Waals surface area (Å²) in [5.41, 5.74) is 0.689. The van der Waals surface area contributed by atoms with Crippen LogP contribution < -0.4 is 4.74 Å². The SMILES string of the molecule is O=C(OCc1noc(-c2ccc(F)cc2)n1)c1cccnc1Oc1cccnc1. The molecule has 144 valence electrons. The van der Waals surface area contributed by atoms with Crippen LogP contribution in [0.2, 0.25) is 0 Å². The Hall–Kier alpha value is -4.14. The van der Waals surface area contributed by atoms with Gasteiger partial charge in [-0.05, 0) is 48.5 Å². The van der Waals surface area contributed by atoms with Crippen LogP contribution >= 0.6 is 0 Å². The van der Waals surface area contributed by atoms with Crippen molar-refractivity contribution in [2.45, 2.75) is 6.61 Å². The van der Waals surface area contributed by atoms with Crippen molar-refractivity contribution < 1.29 is 23.2 Å². The molecule has 8 nitrogen and oxygen atoms in total. The molecule has 0 unspecified atom stereocenters. The molecule has 4 aromatic rings. The summed E-state index contributed by atoms with van der Waals surface area (Å²) in [6.07, 6.45) is 4.60. The summed E-state index contributed by atoms with van der Waals surface area (Å²) in [6, 6.07) is 12.1. The first-order valence-corrected chi connectivity index (χ1v) is 8.47. The summed E-state index contributed by atoms with van der Waals surface area (Å²) >= 11 is 0. The fourth-order valence-corrected chi connectivity index (χ4v) is 2.38. The van der Waals surface area contributed by atoms with Gasteiger partial charge < -0.3 is 14.0 Å². The molecule has 1 aromatic carbocycles. The zero-order valence-electron chi connectivity index (χ0n) is 14.9. The van der Waals surface area contributed by atoms with E-state index in [2.05, 4.69) is 20.1 Å². The van der Waals surface area contributed by atoms with Gasteiger partial charge in [0.1, 0.15) is 17.1 Å². The number of nitrogens with zero attached hydrogens (tertiary/aromatic N) is 4. The fraction of sp³-hybridized carbons (Fsp3) is 0.0500. The Morgan fingerprint density at radius 1 is 1.07 bits per heavy atom. The third-order valence-corrected chi connectivity index (χ3v) is 3.73. The Morgan fingerprint density at radius 3 is 2.69 bits per heavy atom. The highest BCUT2D eigenvalue weighted by Gasteiger charge is 2.17. The number of carbonyl (C=O) groups is 1. The first-order chi connectivity index (χ1) is 14.2. The molecular weight excluding hydrogens is 379 g/mol. The molecule has 0 aliphatic rings. The molecule has 0 N–H and O–H groups in total. The summed E-state index contributed by atoms with van der Waals surface area (Å²) in [5, 5.41) is 3.76. The smallest absolute Gasteiger partial charge is 0.344 e. The third-order valence-electron chi connectivity index (χ3n) is 3.73. The van der Waals surface area contributed by atoms with Crippen LogP contribution in [-0.2, 0) is 11.3 Å². The summed E-state index contributed by atoms with van der Waals surface area (Å²) in [5.74, 6) is -0.157. The van der Waals surface area contributed by atoms with Gasteiger partial charge in [0.2, 0.25) is 11.7 Å². The van der Waals surface area contributed by atoms with Crippen molar-refractivity contribution >= 4 is 5.97 Å². The number of ether oxygens (including phenoxy) is 2. The molecule has 29 heavy (non-hydrogen) atoms. The molecule has 4 rings (SSSR count). The number of aromatic nitrogens is 4. The molecule has 0 radical (unpaired) electrons. The highest BCUT2D eigenvalue weighted by atomic mass is 19.1. The van der Waals surface area contributed by atoms with Gasteiger partial charge in [-0.2, -0.15) is 4.98 Å². The average molecular weight is 392 g/mol. The molecule has 0 atom stereocenters. The zero-order chi connectivity index (χ0) is 20.1. The lowest BCUT2D eigenvalue weighted by Gasteiger charge is -2.08. The fourth-order valence-electron chi connectivity index (χ4n) is 2.38. The van der Waals surface area contributed by atoms with Crippen LogP contribution in [0.4, 0.5) is 4.39 Å². The molecule has 3 heterocycles. The quantitative estimate of drug-likeness (QED) is 0.457.